The number of rotatable bonds is 12. The van der Waals surface area contributed by atoms with Gasteiger partial charge in [0.2, 0.25) is 0 Å². The summed E-state index contributed by atoms with van der Waals surface area (Å²) in [5.41, 5.74) is 4.51. The zero-order chi connectivity index (χ0) is 26.0. The Balaban J connectivity index is 1.08. The summed E-state index contributed by atoms with van der Waals surface area (Å²) < 4.78 is 23.6. The summed E-state index contributed by atoms with van der Waals surface area (Å²) in [6.07, 6.45) is 3.83. The Bertz CT molecular complexity index is 1290. The monoisotopic (exact) mass is 512 g/mol. The van der Waals surface area contributed by atoms with E-state index in [2.05, 4.69) is 58.8 Å². The van der Waals surface area contributed by atoms with Gasteiger partial charge in [-0.1, -0.05) is 48.5 Å². The van der Waals surface area contributed by atoms with E-state index in [4.69, 9.17) is 18.9 Å². The van der Waals surface area contributed by atoms with E-state index < -0.39 is 0 Å². The lowest BCUT2D eigenvalue weighted by Crippen LogP contribution is -2.40. The molecule has 0 bridgehead atoms. The summed E-state index contributed by atoms with van der Waals surface area (Å²) in [5.74, 6) is 2.09. The number of para-hydroxylation sites is 1. The van der Waals surface area contributed by atoms with Gasteiger partial charge in [0.25, 0.3) is 0 Å². The molecule has 2 atom stereocenters. The third-order valence-electron chi connectivity index (χ3n) is 7.02. The van der Waals surface area contributed by atoms with Crippen LogP contribution in [0.25, 0.3) is 10.9 Å². The number of hydrogen-bond donors (Lipinski definition) is 1. The van der Waals surface area contributed by atoms with Gasteiger partial charge in [0.05, 0.1) is 45.2 Å². The van der Waals surface area contributed by atoms with Crippen LogP contribution in [-0.2, 0) is 22.7 Å². The highest BCUT2D eigenvalue weighted by atomic mass is 16.5. The first-order valence-corrected chi connectivity index (χ1v) is 13.4. The number of hydrogen-bond acceptors (Lipinski definition) is 6. The van der Waals surface area contributed by atoms with Crippen LogP contribution in [0, 0.1) is 0 Å². The molecule has 38 heavy (non-hydrogen) atoms. The highest BCUT2D eigenvalue weighted by Crippen LogP contribution is 2.30. The van der Waals surface area contributed by atoms with Gasteiger partial charge in [0.15, 0.2) is 0 Å². The molecule has 0 unspecified atom stereocenters. The van der Waals surface area contributed by atoms with Crippen LogP contribution in [0.1, 0.15) is 35.4 Å². The van der Waals surface area contributed by atoms with Gasteiger partial charge in [-0.15, -0.1) is 0 Å². The maximum absolute atomic E-state index is 6.42. The van der Waals surface area contributed by atoms with Gasteiger partial charge in [-0.05, 0) is 54.4 Å². The van der Waals surface area contributed by atoms with E-state index in [0.717, 1.165) is 59.5 Å². The number of aromatic nitrogens is 1. The normalized spacial score (nSPS) is 17.4. The first-order valence-electron chi connectivity index (χ1n) is 13.4. The number of piperidine rings is 1. The Labute approximate surface area is 224 Å². The van der Waals surface area contributed by atoms with Crippen molar-refractivity contribution < 1.29 is 18.9 Å². The van der Waals surface area contributed by atoms with Gasteiger partial charge in [-0.3, -0.25) is 4.98 Å². The molecule has 1 saturated heterocycles. The molecule has 1 aliphatic heterocycles. The van der Waals surface area contributed by atoms with E-state index in [9.17, 15) is 0 Å². The summed E-state index contributed by atoms with van der Waals surface area (Å²) in [7, 11) is 1.68. The fraction of sp³-hybridized carbons (Fsp3) is 0.344. The molecular weight excluding hydrogens is 476 g/mol. The van der Waals surface area contributed by atoms with Crippen molar-refractivity contribution in [1.82, 2.24) is 10.3 Å². The zero-order valence-corrected chi connectivity index (χ0v) is 22.0. The first kappa shape index (κ1) is 26.2. The van der Waals surface area contributed by atoms with Gasteiger partial charge in [0, 0.05) is 36.0 Å². The Morgan fingerprint density at radius 3 is 2.71 bits per heavy atom. The average molecular weight is 513 g/mol. The molecule has 198 valence electrons. The molecule has 0 amide bonds. The number of pyridine rings is 1. The lowest BCUT2D eigenvalue weighted by molar-refractivity contribution is 0.0106. The second-order valence-corrected chi connectivity index (χ2v) is 9.61. The van der Waals surface area contributed by atoms with Crippen molar-refractivity contribution in [3.63, 3.8) is 0 Å². The molecule has 1 N–H and O–H groups in total. The van der Waals surface area contributed by atoms with Crippen molar-refractivity contribution in [2.75, 3.05) is 33.4 Å². The van der Waals surface area contributed by atoms with Gasteiger partial charge in [-0.2, -0.15) is 0 Å². The number of ether oxygens (including phenoxy) is 4. The van der Waals surface area contributed by atoms with Gasteiger partial charge in [0.1, 0.15) is 11.5 Å². The smallest absolute Gasteiger partial charge is 0.124 e. The number of methoxy groups -OCH3 is 1. The van der Waals surface area contributed by atoms with Gasteiger partial charge in [-0.25, -0.2) is 0 Å². The van der Waals surface area contributed by atoms with Crippen molar-refractivity contribution in [3.05, 3.63) is 102 Å². The van der Waals surface area contributed by atoms with E-state index >= 15 is 0 Å². The van der Waals surface area contributed by atoms with Crippen molar-refractivity contribution in [1.29, 1.82) is 0 Å². The third-order valence-corrected chi connectivity index (χ3v) is 7.02. The maximum atomic E-state index is 6.42. The summed E-state index contributed by atoms with van der Waals surface area (Å²) in [5, 5.41) is 4.64. The fourth-order valence-electron chi connectivity index (χ4n) is 4.96. The maximum Gasteiger partial charge on any atom is 0.124 e. The van der Waals surface area contributed by atoms with Crippen molar-refractivity contribution in [2.45, 2.75) is 38.1 Å². The largest absolute Gasteiger partial charge is 0.496 e. The number of fused-ring (bicyclic) bond motifs is 1. The second-order valence-electron chi connectivity index (χ2n) is 9.61. The Morgan fingerprint density at radius 2 is 1.82 bits per heavy atom. The predicted molar refractivity (Wildman–Crippen MR) is 150 cm³/mol. The van der Waals surface area contributed by atoms with E-state index in [0.29, 0.717) is 32.3 Å². The zero-order valence-electron chi connectivity index (χ0n) is 22.0. The van der Waals surface area contributed by atoms with Gasteiger partial charge >= 0.3 is 0 Å². The summed E-state index contributed by atoms with van der Waals surface area (Å²) >= 11 is 0. The van der Waals surface area contributed by atoms with Crippen LogP contribution in [0.4, 0.5) is 0 Å². The van der Waals surface area contributed by atoms with Crippen molar-refractivity contribution in [2.24, 2.45) is 0 Å². The first-order chi connectivity index (χ1) is 18.8. The second kappa shape index (κ2) is 13.4. The van der Waals surface area contributed by atoms with Crippen LogP contribution >= 0.6 is 0 Å². The molecule has 3 aromatic carbocycles. The highest BCUT2D eigenvalue weighted by Gasteiger charge is 2.27. The van der Waals surface area contributed by atoms with Crippen LogP contribution in [-0.4, -0.2) is 44.5 Å². The van der Waals surface area contributed by atoms with Crippen molar-refractivity contribution >= 4 is 10.9 Å². The van der Waals surface area contributed by atoms with Gasteiger partial charge < -0.3 is 24.3 Å². The predicted octanol–water partition coefficient (Wildman–Crippen LogP) is 5.89. The van der Waals surface area contributed by atoms with Crippen LogP contribution in [0.2, 0.25) is 0 Å². The quantitative estimate of drug-likeness (QED) is 0.239. The Kier molecular flexibility index (Phi) is 9.21. The summed E-state index contributed by atoms with van der Waals surface area (Å²) in [6, 6.07) is 26.8. The number of nitrogens with one attached hydrogen (secondary N) is 1. The lowest BCUT2D eigenvalue weighted by Gasteiger charge is -2.32. The molecule has 0 radical (unpaired) electrons. The van der Waals surface area contributed by atoms with Crippen LogP contribution in [0.3, 0.4) is 0 Å². The molecule has 5 rings (SSSR count). The molecule has 1 fully saturated rings. The molecule has 4 aromatic rings. The minimum Gasteiger partial charge on any atom is -0.496 e. The molecular formula is C32H36N2O4. The Hall–Kier alpha value is -3.45. The van der Waals surface area contributed by atoms with E-state index in [1.165, 1.54) is 5.56 Å². The SMILES string of the molecule is COc1ccccc1COCCCOc1ccc([C@H]2CCNC[C@@H]2OCc2ccc3cccnc3c2)cc1. The molecule has 2 heterocycles. The van der Waals surface area contributed by atoms with Crippen LogP contribution < -0.4 is 14.8 Å². The minimum atomic E-state index is 0.121. The van der Waals surface area contributed by atoms with E-state index in [1.807, 2.05) is 36.5 Å². The fourth-order valence-corrected chi connectivity index (χ4v) is 4.96. The molecule has 0 spiro atoms. The molecule has 1 aliphatic rings. The highest BCUT2D eigenvalue weighted by molar-refractivity contribution is 5.78. The standard InChI is InChI=1S/C32H36N2O4/c1-35-31-8-3-2-6-27(31)23-36-18-5-19-37-28-13-11-25(12-14-28)29-15-17-33-21-32(29)38-22-24-9-10-26-7-4-16-34-30(26)20-24/h2-4,6-14,16,20,29,32-33H,5,15,17-19,21-23H2,1H3/t29-,32+/m1/s1. The number of benzene rings is 3. The van der Waals surface area contributed by atoms with E-state index in [1.54, 1.807) is 7.11 Å². The molecule has 0 saturated carbocycles. The Morgan fingerprint density at radius 1 is 0.921 bits per heavy atom. The lowest BCUT2D eigenvalue weighted by atomic mass is 9.87. The molecule has 0 aliphatic carbocycles. The topological polar surface area (TPSA) is 61.8 Å². The molecule has 6 heteroatoms. The number of nitrogens with zero attached hydrogens (tertiary/aromatic N) is 1. The van der Waals surface area contributed by atoms with Crippen LogP contribution in [0.15, 0.2) is 85.1 Å². The van der Waals surface area contributed by atoms with E-state index in [-0.39, 0.29) is 6.10 Å². The average Bonchev–Trinajstić information content (AvgIpc) is 2.98. The summed E-state index contributed by atoms with van der Waals surface area (Å²) in [6.45, 7) is 4.22. The third kappa shape index (κ3) is 6.90. The van der Waals surface area contributed by atoms with Crippen molar-refractivity contribution in [3.8, 4) is 11.5 Å². The van der Waals surface area contributed by atoms with Crippen LogP contribution in [0.5, 0.6) is 11.5 Å². The minimum absolute atomic E-state index is 0.121. The molecule has 6 nitrogen and oxygen atoms in total. The summed E-state index contributed by atoms with van der Waals surface area (Å²) in [4.78, 5) is 4.47. The molecule has 1 aromatic heterocycles.